The first-order valence-electron chi connectivity index (χ1n) is 11.1. The SMILES string of the molecule is Fc1ccc(F)c([C@@H]2CCCN2c2ccn3ncc(-n4cc(C5=CCOCC5)cn4)c3n2)c1. The van der Waals surface area contributed by atoms with Crippen molar-refractivity contribution in [2.75, 3.05) is 24.7 Å². The monoisotopic (exact) mass is 448 g/mol. The minimum Gasteiger partial charge on any atom is -0.377 e. The van der Waals surface area contributed by atoms with Crippen LogP contribution in [-0.2, 0) is 4.74 Å². The largest absolute Gasteiger partial charge is 0.377 e. The number of hydrogen-bond acceptors (Lipinski definition) is 5. The van der Waals surface area contributed by atoms with Gasteiger partial charge >= 0.3 is 0 Å². The average Bonchev–Trinajstić information content (AvgIpc) is 3.60. The van der Waals surface area contributed by atoms with Crippen LogP contribution < -0.4 is 4.90 Å². The molecule has 0 N–H and O–H groups in total. The summed E-state index contributed by atoms with van der Waals surface area (Å²) >= 11 is 0. The number of fused-ring (bicyclic) bond motifs is 1. The summed E-state index contributed by atoms with van der Waals surface area (Å²) in [5.41, 5.74) is 4.03. The molecule has 0 aliphatic carbocycles. The Morgan fingerprint density at radius 1 is 1.09 bits per heavy atom. The third kappa shape index (κ3) is 3.58. The number of benzene rings is 1. The maximum absolute atomic E-state index is 14.5. The van der Waals surface area contributed by atoms with Crippen LogP contribution >= 0.6 is 0 Å². The molecule has 0 spiro atoms. The molecule has 5 heterocycles. The van der Waals surface area contributed by atoms with Crippen LogP contribution in [0.2, 0.25) is 0 Å². The molecule has 3 aromatic heterocycles. The van der Waals surface area contributed by atoms with Crippen molar-refractivity contribution in [3.63, 3.8) is 0 Å². The minimum atomic E-state index is -0.436. The van der Waals surface area contributed by atoms with E-state index in [0.29, 0.717) is 30.2 Å². The first-order chi connectivity index (χ1) is 16.2. The summed E-state index contributed by atoms with van der Waals surface area (Å²) in [6.07, 6.45) is 11.9. The normalized spacial score (nSPS) is 18.8. The van der Waals surface area contributed by atoms with Gasteiger partial charge in [0, 0.05) is 30.1 Å². The molecule has 1 aromatic carbocycles. The molecule has 1 fully saturated rings. The highest BCUT2D eigenvalue weighted by atomic mass is 19.1. The van der Waals surface area contributed by atoms with Gasteiger partial charge < -0.3 is 9.64 Å². The number of hydrogen-bond donors (Lipinski definition) is 0. The fourth-order valence-electron chi connectivity index (χ4n) is 4.71. The molecule has 0 amide bonds. The van der Waals surface area contributed by atoms with Crippen molar-refractivity contribution in [1.29, 1.82) is 0 Å². The highest BCUT2D eigenvalue weighted by Gasteiger charge is 2.30. The number of ether oxygens (including phenoxy) is 1. The van der Waals surface area contributed by atoms with E-state index >= 15 is 0 Å². The molecule has 168 valence electrons. The molecule has 1 atom stereocenters. The van der Waals surface area contributed by atoms with Crippen LogP contribution in [0.25, 0.3) is 16.9 Å². The van der Waals surface area contributed by atoms with Crippen molar-refractivity contribution >= 4 is 17.0 Å². The summed E-state index contributed by atoms with van der Waals surface area (Å²) in [6, 6.07) is 5.22. The second kappa shape index (κ2) is 8.08. The van der Waals surface area contributed by atoms with Gasteiger partial charge in [-0.15, -0.1) is 0 Å². The first-order valence-corrected chi connectivity index (χ1v) is 11.1. The van der Waals surface area contributed by atoms with E-state index < -0.39 is 11.6 Å². The first kappa shape index (κ1) is 20.0. The van der Waals surface area contributed by atoms with Crippen molar-refractivity contribution in [1.82, 2.24) is 24.4 Å². The van der Waals surface area contributed by atoms with Crippen LogP contribution in [0, 0.1) is 11.6 Å². The maximum atomic E-state index is 14.5. The summed E-state index contributed by atoms with van der Waals surface area (Å²) < 4.78 is 37.2. The van der Waals surface area contributed by atoms with E-state index in [0.717, 1.165) is 43.1 Å². The molecule has 9 heteroatoms. The number of halogens is 2. The molecule has 2 aliphatic rings. The van der Waals surface area contributed by atoms with Gasteiger partial charge in [0.2, 0.25) is 0 Å². The third-order valence-electron chi connectivity index (χ3n) is 6.36. The Balaban J connectivity index is 1.36. The molecule has 1 saturated heterocycles. The highest BCUT2D eigenvalue weighted by Crippen LogP contribution is 2.37. The molecule has 33 heavy (non-hydrogen) atoms. The summed E-state index contributed by atoms with van der Waals surface area (Å²) in [5.74, 6) is -0.130. The van der Waals surface area contributed by atoms with Gasteiger partial charge in [-0.1, -0.05) is 6.08 Å². The summed E-state index contributed by atoms with van der Waals surface area (Å²) in [5, 5.41) is 8.95. The zero-order chi connectivity index (χ0) is 22.4. The van der Waals surface area contributed by atoms with Crippen molar-refractivity contribution < 1.29 is 13.5 Å². The van der Waals surface area contributed by atoms with E-state index in [9.17, 15) is 8.78 Å². The lowest BCUT2D eigenvalue weighted by atomic mass is 10.0. The van der Waals surface area contributed by atoms with Crippen LogP contribution in [0.1, 0.15) is 36.4 Å². The Kier molecular flexibility index (Phi) is 4.91. The van der Waals surface area contributed by atoms with E-state index in [1.165, 1.54) is 17.7 Å². The number of nitrogens with zero attached hydrogens (tertiary/aromatic N) is 6. The van der Waals surface area contributed by atoms with Gasteiger partial charge in [-0.3, -0.25) is 0 Å². The number of anilines is 1. The molecule has 7 nitrogen and oxygen atoms in total. The van der Waals surface area contributed by atoms with E-state index in [1.54, 1.807) is 15.4 Å². The van der Waals surface area contributed by atoms with Gasteiger partial charge in [-0.2, -0.15) is 10.2 Å². The Bertz CT molecular complexity index is 1360. The van der Waals surface area contributed by atoms with Gasteiger partial charge in [0.25, 0.3) is 0 Å². The van der Waals surface area contributed by atoms with Crippen LogP contribution in [0.5, 0.6) is 0 Å². The molecule has 0 radical (unpaired) electrons. The van der Waals surface area contributed by atoms with E-state index in [-0.39, 0.29) is 6.04 Å². The highest BCUT2D eigenvalue weighted by molar-refractivity contribution is 5.67. The lowest BCUT2D eigenvalue weighted by Crippen LogP contribution is -2.24. The molecule has 4 aromatic rings. The smallest absolute Gasteiger partial charge is 0.183 e. The fraction of sp³-hybridized carbons (Fsp3) is 0.292. The standard InChI is InChI=1S/C24H22F2N6O/c25-18-3-4-20(26)19(12-18)21-2-1-8-30(21)23-5-9-31-24(29-23)22(14-28-31)32-15-17(13-27-32)16-6-10-33-11-7-16/h3-6,9,12-15,21H,1-2,7-8,10-11H2/t21-/m0/s1. The van der Waals surface area contributed by atoms with Crippen LogP contribution in [0.15, 0.2) is 55.1 Å². The molecular weight excluding hydrogens is 426 g/mol. The predicted octanol–water partition coefficient (Wildman–Crippen LogP) is 4.34. The van der Waals surface area contributed by atoms with Gasteiger partial charge in [-0.25, -0.2) is 23.0 Å². The molecule has 0 unspecified atom stereocenters. The molecule has 0 saturated carbocycles. The molecule has 2 aliphatic heterocycles. The van der Waals surface area contributed by atoms with Crippen molar-refractivity contribution in [3.8, 4) is 5.69 Å². The average molecular weight is 448 g/mol. The van der Waals surface area contributed by atoms with Gasteiger partial charge in [0.15, 0.2) is 5.65 Å². The Morgan fingerprint density at radius 3 is 2.91 bits per heavy atom. The third-order valence-corrected chi connectivity index (χ3v) is 6.36. The van der Waals surface area contributed by atoms with Crippen LogP contribution in [-0.4, -0.2) is 44.1 Å². The summed E-state index contributed by atoms with van der Waals surface area (Å²) in [4.78, 5) is 6.90. The van der Waals surface area contributed by atoms with Gasteiger partial charge in [0.05, 0.1) is 31.6 Å². The summed E-state index contributed by atoms with van der Waals surface area (Å²) in [7, 11) is 0. The molecule has 0 bridgehead atoms. The Hall–Kier alpha value is -3.59. The van der Waals surface area contributed by atoms with Crippen molar-refractivity contribution in [2.24, 2.45) is 0 Å². The molecular formula is C24H22F2N6O. The Labute approximate surface area is 188 Å². The van der Waals surface area contributed by atoms with E-state index in [1.807, 2.05) is 29.6 Å². The van der Waals surface area contributed by atoms with Crippen LogP contribution in [0.3, 0.4) is 0 Å². The predicted molar refractivity (Wildman–Crippen MR) is 119 cm³/mol. The molecule has 6 rings (SSSR count). The second-order valence-electron chi connectivity index (χ2n) is 8.33. The van der Waals surface area contributed by atoms with E-state index in [4.69, 9.17) is 9.72 Å². The van der Waals surface area contributed by atoms with E-state index in [2.05, 4.69) is 16.3 Å². The quantitative estimate of drug-likeness (QED) is 0.465. The fourth-order valence-corrected chi connectivity index (χ4v) is 4.71. The van der Waals surface area contributed by atoms with Gasteiger partial charge in [0.1, 0.15) is 23.1 Å². The number of rotatable bonds is 4. The Morgan fingerprint density at radius 2 is 2.03 bits per heavy atom. The van der Waals surface area contributed by atoms with Crippen molar-refractivity contribution in [3.05, 3.63) is 77.9 Å². The minimum absolute atomic E-state index is 0.265. The number of aromatic nitrogens is 5. The zero-order valence-electron chi connectivity index (χ0n) is 17.9. The topological polar surface area (TPSA) is 60.5 Å². The maximum Gasteiger partial charge on any atom is 0.183 e. The summed E-state index contributed by atoms with van der Waals surface area (Å²) in [6.45, 7) is 2.04. The lowest BCUT2D eigenvalue weighted by Gasteiger charge is -2.26. The lowest BCUT2D eigenvalue weighted by molar-refractivity contribution is 0.161. The van der Waals surface area contributed by atoms with Gasteiger partial charge in [-0.05, 0) is 49.1 Å². The van der Waals surface area contributed by atoms with Crippen LogP contribution in [0.4, 0.5) is 14.6 Å². The van der Waals surface area contributed by atoms with Crippen molar-refractivity contribution in [2.45, 2.75) is 25.3 Å². The zero-order valence-corrected chi connectivity index (χ0v) is 17.9. The second-order valence-corrected chi connectivity index (χ2v) is 8.33.